The number of amides is 2. The highest BCUT2D eigenvalue weighted by Crippen LogP contribution is 2.17. The van der Waals surface area contributed by atoms with Crippen LogP contribution in [0.3, 0.4) is 0 Å². The lowest BCUT2D eigenvalue weighted by Crippen LogP contribution is -2.17. The van der Waals surface area contributed by atoms with Gasteiger partial charge in [0.25, 0.3) is 11.8 Å². The van der Waals surface area contributed by atoms with E-state index < -0.39 is 0 Å². The fraction of sp³-hybridized carbons (Fsp3) is 0. The van der Waals surface area contributed by atoms with Crippen molar-refractivity contribution in [1.82, 2.24) is 5.43 Å². The normalized spacial score (nSPS) is 10.6. The molecule has 0 saturated carbocycles. The van der Waals surface area contributed by atoms with E-state index in [2.05, 4.69) is 15.8 Å². The molecule has 0 spiro atoms. The molecule has 6 nitrogen and oxygen atoms in total. The molecule has 0 aromatic heterocycles. The number of rotatable bonds is 5. The SMILES string of the molecule is Nc1ccc(C(=O)N/N=C/c2cccc(NC(=O)c3ccccc3Cl)c2)cc1. The number of halogens is 1. The van der Waals surface area contributed by atoms with E-state index in [-0.39, 0.29) is 11.8 Å². The van der Waals surface area contributed by atoms with E-state index in [0.717, 1.165) is 0 Å². The predicted molar refractivity (Wildman–Crippen MR) is 112 cm³/mol. The second-order valence-electron chi connectivity index (χ2n) is 5.88. The number of nitrogens with one attached hydrogen (secondary N) is 2. The van der Waals surface area contributed by atoms with Crippen LogP contribution < -0.4 is 16.5 Å². The van der Waals surface area contributed by atoms with Crippen molar-refractivity contribution < 1.29 is 9.59 Å². The summed E-state index contributed by atoms with van der Waals surface area (Å²) in [6, 6.07) is 20.4. The van der Waals surface area contributed by atoms with Crippen molar-refractivity contribution in [2.24, 2.45) is 5.10 Å². The molecule has 4 N–H and O–H groups in total. The average Bonchev–Trinajstić information content (AvgIpc) is 2.69. The zero-order valence-corrected chi connectivity index (χ0v) is 15.5. The van der Waals surface area contributed by atoms with E-state index in [0.29, 0.717) is 33.1 Å². The number of nitrogens with two attached hydrogens (primary N) is 1. The van der Waals surface area contributed by atoms with Crippen LogP contribution in [0.5, 0.6) is 0 Å². The average molecular weight is 393 g/mol. The van der Waals surface area contributed by atoms with Gasteiger partial charge in [-0.05, 0) is 54.1 Å². The first-order chi connectivity index (χ1) is 13.5. The zero-order valence-electron chi connectivity index (χ0n) is 14.7. The topological polar surface area (TPSA) is 96.6 Å². The van der Waals surface area contributed by atoms with Crippen LogP contribution in [0, 0.1) is 0 Å². The molecule has 0 radical (unpaired) electrons. The molecule has 0 saturated heterocycles. The Morgan fingerprint density at radius 1 is 0.929 bits per heavy atom. The Morgan fingerprint density at radius 3 is 2.43 bits per heavy atom. The Morgan fingerprint density at radius 2 is 1.68 bits per heavy atom. The Kier molecular flexibility index (Phi) is 6.04. The number of anilines is 2. The van der Waals surface area contributed by atoms with Gasteiger partial charge in [-0.2, -0.15) is 5.10 Å². The maximum absolute atomic E-state index is 12.3. The number of carbonyl (C=O) groups is 2. The van der Waals surface area contributed by atoms with Crippen LogP contribution in [0.4, 0.5) is 11.4 Å². The molecule has 28 heavy (non-hydrogen) atoms. The van der Waals surface area contributed by atoms with Crippen molar-refractivity contribution in [3.8, 4) is 0 Å². The van der Waals surface area contributed by atoms with Crippen molar-refractivity contribution in [2.75, 3.05) is 11.1 Å². The molecule has 3 aromatic rings. The van der Waals surface area contributed by atoms with E-state index in [1.807, 2.05) is 0 Å². The van der Waals surface area contributed by atoms with Gasteiger partial charge >= 0.3 is 0 Å². The zero-order chi connectivity index (χ0) is 19.9. The summed E-state index contributed by atoms with van der Waals surface area (Å²) in [4.78, 5) is 24.3. The third-order valence-corrected chi connectivity index (χ3v) is 4.15. The first kappa shape index (κ1) is 19.1. The number of nitrogen functional groups attached to an aromatic ring is 1. The van der Waals surface area contributed by atoms with E-state index >= 15 is 0 Å². The fourth-order valence-electron chi connectivity index (χ4n) is 2.40. The third kappa shape index (κ3) is 4.96. The highest BCUT2D eigenvalue weighted by molar-refractivity contribution is 6.34. The molecule has 0 aliphatic rings. The van der Waals surface area contributed by atoms with Crippen molar-refractivity contribution in [1.29, 1.82) is 0 Å². The molecular formula is C21H17ClN4O2. The molecule has 0 aliphatic heterocycles. The smallest absolute Gasteiger partial charge is 0.271 e. The first-order valence-electron chi connectivity index (χ1n) is 8.38. The molecule has 0 heterocycles. The highest BCUT2D eigenvalue weighted by atomic mass is 35.5. The van der Waals surface area contributed by atoms with Gasteiger partial charge in [0.2, 0.25) is 0 Å². The Hall–Kier alpha value is -3.64. The number of hydrogen-bond acceptors (Lipinski definition) is 4. The van der Waals surface area contributed by atoms with Gasteiger partial charge in [0.15, 0.2) is 0 Å². The number of hydrazone groups is 1. The van der Waals surface area contributed by atoms with Gasteiger partial charge < -0.3 is 11.1 Å². The lowest BCUT2D eigenvalue weighted by molar-refractivity contribution is 0.0954. The van der Waals surface area contributed by atoms with Gasteiger partial charge in [0, 0.05) is 16.9 Å². The Balaban J connectivity index is 1.63. The number of hydrogen-bond donors (Lipinski definition) is 3. The maximum atomic E-state index is 12.3. The number of nitrogens with zero attached hydrogens (tertiary/aromatic N) is 1. The van der Waals surface area contributed by atoms with Gasteiger partial charge in [-0.3, -0.25) is 9.59 Å². The molecule has 0 fully saturated rings. The molecule has 2 amide bonds. The molecule has 0 bridgehead atoms. The molecule has 0 unspecified atom stereocenters. The minimum atomic E-state index is -0.348. The first-order valence-corrected chi connectivity index (χ1v) is 8.75. The second-order valence-corrected chi connectivity index (χ2v) is 6.29. The molecule has 7 heteroatoms. The van der Waals surface area contributed by atoms with Crippen molar-refractivity contribution in [3.05, 3.63) is 94.5 Å². The van der Waals surface area contributed by atoms with E-state index in [1.165, 1.54) is 6.21 Å². The molecular weight excluding hydrogens is 376 g/mol. The summed E-state index contributed by atoms with van der Waals surface area (Å²) in [6.45, 7) is 0. The monoisotopic (exact) mass is 392 g/mol. The Bertz CT molecular complexity index is 1030. The van der Waals surface area contributed by atoms with Crippen molar-refractivity contribution >= 4 is 41.0 Å². The van der Waals surface area contributed by atoms with Gasteiger partial charge in [0.1, 0.15) is 0 Å². The fourth-order valence-corrected chi connectivity index (χ4v) is 2.63. The summed E-state index contributed by atoms with van der Waals surface area (Å²) < 4.78 is 0. The van der Waals surface area contributed by atoms with Gasteiger partial charge in [-0.25, -0.2) is 5.43 Å². The largest absolute Gasteiger partial charge is 0.399 e. The number of benzene rings is 3. The summed E-state index contributed by atoms with van der Waals surface area (Å²) in [5.41, 5.74) is 10.7. The van der Waals surface area contributed by atoms with Crippen LogP contribution in [-0.4, -0.2) is 18.0 Å². The summed E-state index contributed by atoms with van der Waals surface area (Å²) >= 11 is 6.04. The Labute approximate surface area is 167 Å². The van der Waals surface area contributed by atoms with Crippen LogP contribution in [0.15, 0.2) is 77.9 Å². The predicted octanol–water partition coefficient (Wildman–Crippen LogP) is 3.94. The van der Waals surface area contributed by atoms with Crippen molar-refractivity contribution in [2.45, 2.75) is 0 Å². The standard InChI is InChI=1S/C21H17ClN4O2/c22-19-7-2-1-6-18(19)21(28)25-17-5-3-4-14(12-17)13-24-26-20(27)15-8-10-16(23)11-9-15/h1-13H,23H2,(H,25,28)(H,26,27)/b24-13+. The van der Waals surface area contributed by atoms with Crippen LogP contribution in [-0.2, 0) is 0 Å². The van der Waals surface area contributed by atoms with Crippen LogP contribution in [0.2, 0.25) is 5.02 Å². The van der Waals surface area contributed by atoms with Crippen LogP contribution in [0.25, 0.3) is 0 Å². The maximum Gasteiger partial charge on any atom is 0.271 e. The molecule has 0 atom stereocenters. The van der Waals surface area contributed by atoms with Gasteiger partial charge in [-0.15, -0.1) is 0 Å². The van der Waals surface area contributed by atoms with E-state index in [9.17, 15) is 9.59 Å². The van der Waals surface area contributed by atoms with Crippen molar-refractivity contribution in [3.63, 3.8) is 0 Å². The van der Waals surface area contributed by atoms with E-state index in [4.69, 9.17) is 17.3 Å². The minimum absolute atomic E-state index is 0.309. The quantitative estimate of drug-likeness (QED) is 0.348. The minimum Gasteiger partial charge on any atom is -0.399 e. The number of carbonyl (C=O) groups excluding carboxylic acids is 2. The summed E-state index contributed by atoms with van der Waals surface area (Å²) in [5, 5.41) is 7.11. The lowest BCUT2D eigenvalue weighted by Gasteiger charge is -2.07. The highest BCUT2D eigenvalue weighted by Gasteiger charge is 2.09. The van der Waals surface area contributed by atoms with E-state index in [1.54, 1.807) is 72.8 Å². The van der Waals surface area contributed by atoms with Crippen LogP contribution in [0.1, 0.15) is 26.3 Å². The third-order valence-electron chi connectivity index (χ3n) is 3.82. The molecule has 0 aliphatic carbocycles. The molecule has 3 aromatic carbocycles. The summed E-state index contributed by atoms with van der Waals surface area (Å²) in [6.07, 6.45) is 1.49. The lowest BCUT2D eigenvalue weighted by atomic mass is 10.2. The second kappa shape index (κ2) is 8.83. The van der Waals surface area contributed by atoms with Crippen LogP contribution >= 0.6 is 11.6 Å². The molecule has 3 rings (SSSR count). The van der Waals surface area contributed by atoms with Gasteiger partial charge in [0.05, 0.1) is 16.8 Å². The summed E-state index contributed by atoms with van der Waals surface area (Å²) in [5.74, 6) is -0.657. The summed E-state index contributed by atoms with van der Waals surface area (Å²) in [7, 11) is 0. The van der Waals surface area contributed by atoms with Gasteiger partial charge in [-0.1, -0.05) is 35.9 Å². The molecule has 140 valence electrons.